The van der Waals surface area contributed by atoms with E-state index in [1.54, 1.807) is 0 Å². The molecule has 1 aromatic rings. The van der Waals surface area contributed by atoms with Crippen molar-refractivity contribution in [1.29, 1.82) is 5.26 Å². The van der Waals surface area contributed by atoms with Crippen molar-refractivity contribution in [2.75, 3.05) is 7.11 Å². The number of halogens is 2. The summed E-state index contributed by atoms with van der Waals surface area (Å²) in [6.07, 6.45) is -3.11. The summed E-state index contributed by atoms with van der Waals surface area (Å²) < 4.78 is 51.9. The first kappa shape index (κ1) is 13.3. The van der Waals surface area contributed by atoms with Crippen LogP contribution in [0.1, 0.15) is 17.7 Å². The number of hydrogen-bond donors (Lipinski definition) is 1. The van der Waals surface area contributed by atoms with Gasteiger partial charge in [0.2, 0.25) is 0 Å². The van der Waals surface area contributed by atoms with Gasteiger partial charge in [0.25, 0.3) is 16.4 Å². The zero-order valence-corrected chi connectivity index (χ0v) is 9.33. The zero-order chi connectivity index (χ0) is 13.2. The SMILES string of the molecule is COc1cc(S(N)(=O)=O)nc(C(F)F)c1C#N. The standard InChI is InChI=1S/C8H7F2N3O3S/c1-16-5-2-6(17(12,14)15)13-7(8(9)10)4(5)3-11/h2,8H,1H3,(H2,12,14,15). The molecule has 9 heteroatoms. The molecule has 0 saturated heterocycles. The van der Waals surface area contributed by atoms with Crippen LogP contribution in [0.2, 0.25) is 0 Å². The molecular weight excluding hydrogens is 256 g/mol. The predicted octanol–water partition coefficient (Wildman–Crippen LogP) is 0.547. The van der Waals surface area contributed by atoms with E-state index in [1.165, 1.54) is 6.07 Å². The fourth-order valence-corrected chi connectivity index (χ4v) is 1.59. The number of nitrogens with zero attached hydrogens (tertiary/aromatic N) is 2. The molecule has 92 valence electrons. The van der Waals surface area contributed by atoms with E-state index in [0.717, 1.165) is 13.2 Å². The van der Waals surface area contributed by atoms with Crippen molar-refractivity contribution in [2.45, 2.75) is 11.5 Å². The Morgan fingerprint density at radius 1 is 1.59 bits per heavy atom. The monoisotopic (exact) mass is 263 g/mol. The van der Waals surface area contributed by atoms with Gasteiger partial charge in [0.15, 0.2) is 5.03 Å². The van der Waals surface area contributed by atoms with Crippen LogP contribution in [0.5, 0.6) is 5.75 Å². The average Bonchev–Trinajstić information content (AvgIpc) is 2.25. The van der Waals surface area contributed by atoms with E-state index in [1.807, 2.05) is 0 Å². The van der Waals surface area contributed by atoms with Crippen LogP contribution in [-0.2, 0) is 10.0 Å². The fourth-order valence-electron chi connectivity index (χ4n) is 1.09. The second kappa shape index (κ2) is 4.60. The van der Waals surface area contributed by atoms with Gasteiger partial charge in [0, 0.05) is 6.07 Å². The van der Waals surface area contributed by atoms with Crippen molar-refractivity contribution in [3.63, 3.8) is 0 Å². The molecule has 2 N–H and O–H groups in total. The molecule has 0 aliphatic rings. The molecule has 0 fully saturated rings. The molecule has 1 aromatic heterocycles. The summed E-state index contributed by atoms with van der Waals surface area (Å²) in [6.45, 7) is 0. The Morgan fingerprint density at radius 2 is 2.18 bits per heavy atom. The van der Waals surface area contributed by atoms with Gasteiger partial charge in [-0.1, -0.05) is 0 Å². The molecule has 0 amide bonds. The second-order valence-electron chi connectivity index (χ2n) is 2.88. The first-order chi connectivity index (χ1) is 7.81. The highest BCUT2D eigenvalue weighted by Crippen LogP contribution is 2.29. The quantitative estimate of drug-likeness (QED) is 0.856. The number of aromatic nitrogens is 1. The highest BCUT2D eigenvalue weighted by molar-refractivity contribution is 7.89. The van der Waals surface area contributed by atoms with E-state index in [-0.39, 0.29) is 5.75 Å². The minimum atomic E-state index is -4.25. The van der Waals surface area contributed by atoms with Crippen molar-refractivity contribution >= 4 is 10.0 Å². The zero-order valence-electron chi connectivity index (χ0n) is 8.52. The maximum Gasteiger partial charge on any atom is 0.281 e. The van der Waals surface area contributed by atoms with E-state index >= 15 is 0 Å². The lowest BCUT2D eigenvalue weighted by atomic mass is 10.2. The molecule has 0 atom stereocenters. The minimum absolute atomic E-state index is 0.318. The first-order valence-electron chi connectivity index (χ1n) is 4.11. The average molecular weight is 263 g/mol. The van der Waals surface area contributed by atoms with E-state index in [4.69, 9.17) is 10.4 Å². The van der Waals surface area contributed by atoms with E-state index in [2.05, 4.69) is 9.72 Å². The minimum Gasteiger partial charge on any atom is -0.495 e. The van der Waals surface area contributed by atoms with Gasteiger partial charge in [-0.15, -0.1) is 0 Å². The molecule has 0 bridgehead atoms. The lowest BCUT2D eigenvalue weighted by molar-refractivity contribution is 0.144. The number of pyridine rings is 1. The maximum atomic E-state index is 12.6. The number of alkyl halides is 2. The van der Waals surface area contributed by atoms with E-state index in [9.17, 15) is 17.2 Å². The van der Waals surface area contributed by atoms with Crippen LogP contribution in [0.4, 0.5) is 8.78 Å². The maximum absolute atomic E-state index is 12.6. The Kier molecular flexibility index (Phi) is 3.59. The summed E-state index contributed by atoms with van der Waals surface area (Å²) in [5.74, 6) is -0.318. The Labute approximate surface area is 95.7 Å². The Balaban J connectivity index is 3.65. The molecule has 0 aliphatic heterocycles. The molecule has 1 heterocycles. The topological polar surface area (TPSA) is 106 Å². The molecule has 0 saturated carbocycles. The molecule has 0 radical (unpaired) electrons. The lowest BCUT2D eigenvalue weighted by Gasteiger charge is -2.09. The highest BCUT2D eigenvalue weighted by atomic mass is 32.2. The van der Waals surface area contributed by atoms with Crippen molar-refractivity contribution < 1.29 is 21.9 Å². The summed E-state index contributed by atoms with van der Waals surface area (Å²) in [7, 11) is -3.14. The Morgan fingerprint density at radius 3 is 2.53 bits per heavy atom. The number of sulfonamides is 1. The lowest BCUT2D eigenvalue weighted by Crippen LogP contribution is -2.16. The van der Waals surface area contributed by atoms with Crippen molar-refractivity contribution in [3.8, 4) is 11.8 Å². The van der Waals surface area contributed by atoms with Gasteiger partial charge in [-0.25, -0.2) is 27.3 Å². The van der Waals surface area contributed by atoms with Crippen molar-refractivity contribution in [1.82, 2.24) is 4.98 Å². The normalized spacial score (nSPS) is 11.3. The largest absolute Gasteiger partial charge is 0.495 e. The van der Waals surface area contributed by atoms with Crippen LogP contribution >= 0.6 is 0 Å². The van der Waals surface area contributed by atoms with Gasteiger partial charge in [-0.05, 0) is 0 Å². The second-order valence-corrected chi connectivity index (χ2v) is 4.39. The smallest absolute Gasteiger partial charge is 0.281 e. The van der Waals surface area contributed by atoms with Gasteiger partial charge in [0.05, 0.1) is 7.11 Å². The number of methoxy groups -OCH3 is 1. The fraction of sp³-hybridized carbons (Fsp3) is 0.250. The molecule has 0 unspecified atom stereocenters. The summed E-state index contributed by atoms with van der Waals surface area (Å²) in [5, 5.41) is 12.7. The molecule has 17 heavy (non-hydrogen) atoms. The third-order valence-electron chi connectivity index (χ3n) is 1.82. The van der Waals surface area contributed by atoms with Gasteiger partial charge >= 0.3 is 0 Å². The van der Waals surface area contributed by atoms with Crippen molar-refractivity contribution in [2.24, 2.45) is 5.14 Å². The number of primary sulfonamides is 1. The predicted molar refractivity (Wildman–Crippen MR) is 51.8 cm³/mol. The molecular formula is C8H7F2N3O3S. The van der Waals surface area contributed by atoms with Gasteiger partial charge in [0.1, 0.15) is 23.1 Å². The third-order valence-corrected chi connectivity index (χ3v) is 2.61. The van der Waals surface area contributed by atoms with Gasteiger partial charge in [-0.2, -0.15) is 5.26 Å². The van der Waals surface area contributed by atoms with Crippen LogP contribution in [0.3, 0.4) is 0 Å². The van der Waals surface area contributed by atoms with Crippen LogP contribution in [0.15, 0.2) is 11.1 Å². The number of nitriles is 1. The summed E-state index contributed by atoms with van der Waals surface area (Å²) in [6, 6.07) is 2.29. The Bertz CT molecular complexity index is 580. The number of hydrogen-bond acceptors (Lipinski definition) is 5. The van der Waals surface area contributed by atoms with Crippen LogP contribution in [-0.4, -0.2) is 20.5 Å². The Hall–Kier alpha value is -1.79. The van der Waals surface area contributed by atoms with Crippen LogP contribution in [0.25, 0.3) is 0 Å². The summed E-state index contributed by atoms with van der Waals surface area (Å²) >= 11 is 0. The van der Waals surface area contributed by atoms with Crippen molar-refractivity contribution in [3.05, 3.63) is 17.3 Å². The molecule has 1 rings (SSSR count). The molecule has 0 spiro atoms. The molecule has 6 nitrogen and oxygen atoms in total. The van der Waals surface area contributed by atoms with E-state index in [0.29, 0.717) is 0 Å². The highest BCUT2D eigenvalue weighted by Gasteiger charge is 2.24. The first-order valence-corrected chi connectivity index (χ1v) is 5.66. The van der Waals surface area contributed by atoms with Gasteiger partial charge in [-0.3, -0.25) is 0 Å². The van der Waals surface area contributed by atoms with Gasteiger partial charge < -0.3 is 4.74 Å². The third kappa shape index (κ3) is 2.66. The summed E-state index contributed by atoms with van der Waals surface area (Å²) in [4.78, 5) is 3.16. The number of nitrogens with two attached hydrogens (primary N) is 1. The molecule has 0 aromatic carbocycles. The number of ether oxygens (including phenoxy) is 1. The van der Waals surface area contributed by atoms with Crippen LogP contribution < -0.4 is 9.88 Å². The molecule has 0 aliphatic carbocycles. The summed E-state index contributed by atoms with van der Waals surface area (Å²) in [5.41, 5.74) is -1.49. The van der Waals surface area contributed by atoms with Crippen LogP contribution in [0, 0.1) is 11.3 Å². The van der Waals surface area contributed by atoms with E-state index < -0.39 is 32.7 Å². The number of rotatable bonds is 3.